The fourth-order valence-electron chi connectivity index (χ4n) is 2.73. The molecule has 1 N–H and O–H groups in total. The van der Waals surface area contributed by atoms with Crippen LogP contribution in [0.2, 0.25) is 0 Å². The fourth-order valence-corrected chi connectivity index (χ4v) is 2.73. The lowest BCUT2D eigenvalue weighted by molar-refractivity contribution is 0.288. The van der Waals surface area contributed by atoms with Crippen molar-refractivity contribution >= 4 is 0 Å². The highest BCUT2D eigenvalue weighted by Crippen LogP contribution is 2.41. The van der Waals surface area contributed by atoms with E-state index in [0.717, 1.165) is 5.75 Å². The molecule has 1 aliphatic rings. The van der Waals surface area contributed by atoms with Gasteiger partial charge in [0.25, 0.3) is 0 Å². The maximum atomic E-state index is 13.5. The van der Waals surface area contributed by atoms with Crippen molar-refractivity contribution in [1.82, 2.24) is 5.32 Å². The first-order valence-electron chi connectivity index (χ1n) is 8.02. The molecule has 2 aromatic carbocycles. The molecule has 1 saturated carbocycles. The van der Waals surface area contributed by atoms with Crippen LogP contribution < -0.4 is 14.8 Å². The summed E-state index contributed by atoms with van der Waals surface area (Å²) in [5.41, 5.74) is 1.26. The SMILES string of the molecule is COc1ccc(C(NCCOc2ccccc2F)C2CC2)cc1. The van der Waals surface area contributed by atoms with Gasteiger partial charge in [0, 0.05) is 12.6 Å². The summed E-state index contributed by atoms with van der Waals surface area (Å²) >= 11 is 0. The molecule has 0 saturated heterocycles. The number of methoxy groups -OCH3 is 1. The molecular formula is C19H22FNO2. The summed E-state index contributed by atoms with van der Waals surface area (Å²) in [6.45, 7) is 1.13. The lowest BCUT2D eigenvalue weighted by Gasteiger charge is -2.19. The topological polar surface area (TPSA) is 30.5 Å². The first kappa shape index (κ1) is 15.8. The van der Waals surface area contributed by atoms with Crippen LogP contribution in [-0.2, 0) is 0 Å². The van der Waals surface area contributed by atoms with Crippen molar-refractivity contribution in [3.05, 3.63) is 59.9 Å². The molecule has 23 heavy (non-hydrogen) atoms. The van der Waals surface area contributed by atoms with Crippen LogP contribution in [0.1, 0.15) is 24.4 Å². The molecule has 3 nitrogen and oxygen atoms in total. The van der Waals surface area contributed by atoms with Gasteiger partial charge in [0.1, 0.15) is 12.4 Å². The number of rotatable bonds is 8. The zero-order valence-corrected chi connectivity index (χ0v) is 13.3. The van der Waals surface area contributed by atoms with Crippen LogP contribution in [0.5, 0.6) is 11.5 Å². The van der Waals surface area contributed by atoms with Crippen molar-refractivity contribution in [2.45, 2.75) is 18.9 Å². The van der Waals surface area contributed by atoms with Gasteiger partial charge >= 0.3 is 0 Å². The highest BCUT2D eigenvalue weighted by atomic mass is 19.1. The maximum absolute atomic E-state index is 13.5. The van der Waals surface area contributed by atoms with Crippen LogP contribution in [0.25, 0.3) is 0 Å². The summed E-state index contributed by atoms with van der Waals surface area (Å²) in [5.74, 6) is 1.53. The quantitative estimate of drug-likeness (QED) is 0.748. The number of hydrogen-bond acceptors (Lipinski definition) is 3. The average Bonchev–Trinajstić information content (AvgIpc) is 3.41. The van der Waals surface area contributed by atoms with Gasteiger partial charge in [0.2, 0.25) is 0 Å². The highest BCUT2D eigenvalue weighted by molar-refractivity contribution is 5.30. The number of halogens is 1. The fraction of sp³-hybridized carbons (Fsp3) is 0.368. The van der Waals surface area contributed by atoms with Gasteiger partial charge in [-0.15, -0.1) is 0 Å². The number of benzene rings is 2. The molecule has 0 bridgehead atoms. The minimum Gasteiger partial charge on any atom is -0.497 e. The van der Waals surface area contributed by atoms with Crippen molar-refractivity contribution in [3.8, 4) is 11.5 Å². The zero-order valence-electron chi connectivity index (χ0n) is 13.3. The Morgan fingerprint density at radius 3 is 2.52 bits per heavy atom. The normalized spacial score (nSPS) is 15.2. The first-order chi connectivity index (χ1) is 11.3. The van der Waals surface area contributed by atoms with Gasteiger partial charge in [-0.1, -0.05) is 24.3 Å². The predicted octanol–water partition coefficient (Wildman–Crippen LogP) is 3.95. The largest absolute Gasteiger partial charge is 0.497 e. The first-order valence-corrected chi connectivity index (χ1v) is 8.02. The van der Waals surface area contributed by atoms with E-state index in [1.54, 1.807) is 25.3 Å². The number of hydrogen-bond donors (Lipinski definition) is 1. The van der Waals surface area contributed by atoms with E-state index in [1.807, 2.05) is 12.1 Å². The van der Waals surface area contributed by atoms with E-state index in [1.165, 1.54) is 24.5 Å². The van der Waals surface area contributed by atoms with Gasteiger partial charge in [-0.25, -0.2) is 4.39 Å². The van der Waals surface area contributed by atoms with Crippen LogP contribution >= 0.6 is 0 Å². The van der Waals surface area contributed by atoms with E-state index in [9.17, 15) is 4.39 Å². The molecule has 1 unspecified atom stereocenters. The lowest BCUT2D eigenvalue weighted by atomic mass is 10.0. The van der Waals surface area contributed by atoms with Gasteiger partial charge in [0.05, 0.1) is 7.11 Å². The van der Waals surface area contributed by atoms with Crippen LogP contribution in [0.4, 0.5) is 4.39 Å². The summed E-state index contributed by atoms with van der Waals surface area (Å²) in [4.78, 5) is 0. The molecule has 0 heterocycles. The van der Waals surface area contributed by atoms with Crippen molar-refractivity contribution in [1.29, 1.82) is 0 Å². The summed E-state index contributed by atoms with van der Waals surface area (Å²) in [6.07, 6.45) is 2.50. The Labute approximate surface area is 136 Å². The molecule has 3 rings (SSSR count). The maximum Gasteiger partial charge on any atom is 0.165 e. The minimum atomic E-state index is -0.318. The second-order valence-corrected chi connectivity index (χ2v) is 5.82. The molecule has 0 radical (unpaired) electrons. The molecule has 0 aliphatic heterocycles. The van der Waals surface area contributed by atoms with Gasteiger partial charge < -0.3 is 14.8 Å². The molecular weight excluding hydrogens is 293 g/mol. The Hall–Kier alpha value is -2.07. The van der Waals surface area contributed by atoms with Crippen molar-refractivity contribution < 1.29 is 13.9 Å². The Morgan fingerprint density at radius 2 is 1.87 bits per heavy atom. The minimum absolute atomic E-state index is 0.307. The molecule has 0 spiro atoms. The Kier molecular flexibility index (Phi) is 5.13. The number of ether oxygens (including phenoxy) is 2. The lowest BCUT2D eigenvalue weighted by Crippen LogP contribution is -2.27. The highest BCUT2D eigenvalue weighted by Gasteiger charge is 2.31. The smallest absolute Gasteiger partial charge is 0.165 e. The molecule has 2 aromatic rings. The van der Waals surface area contributed by atoms with E-state index in [2.05, 4.69) is 17.4 Å². The number of nitrogens with one attached hydrogen (secondary N) is 1. The van der Waals surface area contributed by atoms with Gasteiger partial charge in [0.15, 0.2) is 11.6 Å². The second-order valence-electron chi connectivity index (χ2n) is 5.82. The van der Waals surface area contributed by atoms with Crippen molar-refractivity contribution in [2.75, 3.05) is 20.3 Å². The van der Waals surface area contributed by atoms with E-state index in [-0.39, 0.29) is 5.82 Å². The summed E-state index contributed by atoms with van der Waals surface area (Å²) in [6, 6.07) is 15.0. The summed E-state index contributed by atoms with van der Waals surface area (Å²) in [5, 5.41) is 3.54. The van der Waals surface area contributed by atoms with E-state index >= 15 is 0 Å². The molecule has 1 fully saturated rings. The Balaban J connectivity index is 1.53. The molecule has 0 amide bonds. The van der Waals surface area contributed by atoms with Gasteiger partial charge in [-0.3, -0.25) is 0 Å². The van der Waals surface area contributed by atoms with Crippen LogP contribution in [0, 0.1) is 11.7 Å². The molecule has 122 valence electrons. The van der Waals surface area contributed by atoms with E-state index in [0.29, 0.717) is 30.9 Å². The predicted molar refractivity (Wildman–Crippen MR) is 88.4 cm³/mol. The van der Waals surface area contributed by atoms with Crippen molar-refractivity contribution in [3.63, 3.8) is 0 Å². The molecule has 4 heteroatoms. The van der Waals surface area contributed by atoms with Crippen LogP contribution in [0.15, 0.2) is 48.5 Å². The number of para-hydroxylation sites is 1. The summed E-state index contributed by atoms with van der Waals surface area (Å²) in [7, 11) is 1.67. The Morgan fingerprint density at radius 1 is 1.13 bits per heavy atom. The molecule has 1 atom stereocenters. The third-order valence-electron chi connectivity index (χ3n) is 4.13. The van der Waals surface area contributed by atoms with E-state index < -0.39 is 0 Å². The Bertz CT molecular complexity index is 626. The van der Waals surface area contributed by atoms with Gasteiger partial charge in [-0.05, 0) is 48.6 Å². The summed E-state index contributed by atoms with van der Waals surface area (Å²) < 4.78 is 24.2. The molecule has 0 aromatic heterocycles. The van der Waals surface area contributed by atoms with Crippen LogP contribution in [0.3, 0.4) is 0 Å². The zero-order chi connectivity index (χ0) is 16.1. The van der Waals surface area contributed by atoms with Crippen LogP contribution in [-0.4, -0.2) is 20.3 Å². The third kappa shape index (κ3) is 4.23. The standard InChI is InChI=1S/C19H22FNO2/c1-22-16-10-8-15(9-11-16)19(14-6-7-14)21-12-13-23-18-5-3-2-4-17(18)20/h2-5,8-11,14,19,21H,6-7,12-13H2,1H3. The monoisotopic (exact) mass is 315 g/mol. The third-order valence-corrected chi connectivity index (χ3v) is 4.13. The van der Waals surface area contributed by atoms with Crippen molar-refractivity contribution in [2.24, 2.45) is 5.92 Å². The van der Waals surface area contributed by atoms with E-state index in [4.69, 9.17) is 9.47 Å². The van der Waals surface area contributed by atoms with Gasteiger partial charge in [-0.2, -0.15) is 0 Å². The average molecular weight is 315 g/mol. The molecule has 1 aliphatic carbocycles. The second kappa shape index (κ2) is 7.47.